The highest BCUT2D eigenvalue weighted by Gasteiger charge is 2.08. The van der Waals surface area contributed by atoms with Gasteiger partial charge in [0.15, 0.2) is 0 Å². The Hall–Kier alpha value is -2.14. The maximum Gasteiger partial charge on any atom is 0.252 e. The van der Waals surface area contributed by atoms with Crippen LogP contribution in [0.1, 0.15) is 22.8 Å². The summed E-state index contributed by atoms with van der Waals surface area (Å²) >= 11 is 5.96. The standard InChI is InChI=1S/C15H15ClFN3O/c1-2-19-15(21)10-6-11(8-18-7-10)20-9-12-13(16)4-3-5-14(12)17/h3-8,20H,2,9H2,1H3,(H,19,21). The number of pyridine rings is 1. The van der Waals surface area contributed by atoms with Crippen molar-refractivity contribution in [3.05, 3.63) is 58.6 Å². The fourth-order valence-electron chi connectivity index (χ4n) is 1.82. The van der Waals surface area contributed by atoms with Gasteiger partial charge in [-0.2, -0.15) is 0 Å². The third kappa shape index (κ3) is 3.92. The first-order valence-electron chi connectivity index (χ1n) is 6.51. The summed E-state index contributed by atoms with van der Waals surface area (Å²) in [6, 6.07) is 6.20. The minimum absolute atomic E-state index is 0.197. The van der Waals surface area contributed by atoms with Gasteiger partial charge in [0, 0.05) is 36.1 Å². The van der Waals surface area contributed by atoms with E-state index in [4.69, 9.17) is 11.6 Å². The Kier molecular flexibility index (Phi) is 5.11. The fraction of sp³-hybridized carbons (Fsp3) is 0.200. The van der Waals surface area contributed by atoms with E-state index in [0.29, 0.717) is 28.4 Å². The van der Waals surface area contributed by atoms with Gasteiger partial charge in [-0.05, 0) is 25.1 Å². The van der Waals surface area contributed by atoms with Crippen molar-refractivity contribution < 1.29 is 9.18 Å². The summed E-state index contributed by atoms with van der Waals surface area (Å²) in [6.45, 7) is 2.60. The summed E-state index contributed by atoms with van der Waals surface area (Å²) in [5.41, 5.74) is 1.45. The highest BCUT2D eigenvalue weighted by molar-refractivity contribution is 6.31. The third-order valence-corrected chi connectivity index (χ3v) is 3.22. The van der Waals surface area contributed by atoms with Gasteiger partial charge in [0.1, 0.15) is 5.82 Å². The van der Waals surface area contributed by atoms with Crippen molar-refractivity contribution >= 4 is 23.2 Å². The molecule has 1 aromatic carbocycles. The van der Waals surface area contributed by atoms with E-state index in [1.807, 2.05) is 6.92 Å². The molecule has 4 nitrogen and oxygen atoms in total. The molecule has 0 unspecified atom stereocenters. The molecule has 0 bridgehead atoms. The molecule has 2 rings (SSSR count). The van der Waals surface area contributed by atoms with Gasteiger partial charge < -0.3 is 10.6 Å². The predicted molar refractivity (Wildman–Crippen MR) is 81.0 cm³/mol. The van der Waals surface area contributed by atoms with Crippen LogP contribution in [0, 0.1) is 5.82 Å². The van der Waals surface area contributed by atoms with E-state index in [0.717, 1.165) is 0 Å². The second-order valence-corrected chi connectivity index (χ2v) is 4.78. The Labute approximate surface area is 127 Å². The fourth-order valence-corrected chi connectivity index (χ4v) is 2.04. The molecule has 0 atom stereocenters. The largest absolute Gasteiger partial charge is 0.380 e. The number of hydrogen-bond donors (Lipinski definition) is 2. The number of carbonyl (C=O) groups is 1. The zero-order valence-electron chi connectivity index (χ0n) is 11.5. The molecule has 1 amide bonds. The molecule has 0 radical (unpaired) electrons. The van der Waals surface area contributed by atoms with Crippen molar-refractivity contribution in [3.63, 3.8) is 0 Å². The first kappa shape index (κ1) is 15.3. The van der Waals surface area contributed by atoms with Gasteiger partial charge in [0.25, 0.3) is 5.91 Å². The average molecular weight is 308 g/mol. The van der Waals surface area contributed by atoms with E-state index in [-0.39, 0.29) is 18.3 Å². The van der Waals surface area contributed by atoms with Gasteiger partial charge in [0.05, 0.1) is 11.3 Å². The molecule has 1 aromatic heterocycles. The minimum atomic E-state index is -0.372. The van der Waals surface area contributed by atoms with Gasteiger partial charge in [0.2, 0.25) is 0 Å². The molecule has 0 spiro atoms. The van der Waals surface area contributed by atoms with Crippen molar-refractivity contribution in [2.75, 3.05) is 11.9 Å². The Morgan fingerprint density at radius 3 is 2.90 bits per heavy atom. The number of nitrogens with zero attached hydrogens (tertiary/aromatic N) is 1. The molecule has 0 saturated carbocycles. The summed E-state index contributed by atoms with van der Waals surface area (Å²) in [6.07, 6.45) is 3.05. The Bertz CT molecular complexity index is 628. The molecule has 0 aliphatic carbocycles. The van der Waals surface area contributed by atoms with Crippen LogP contribution in [-0.4, -0.2) is 17.4 Å². The number of benzene rings is 1. The van der Waals surface area contributed by atoms with Crippen molar-refractivity contribution in [1.29, 1.82) is 0 Å². The highest BCUT2D eigenvalue weighted by atomic mass is 35.5. The second kappa shape index (κ2) is 7.04. The monoisotopic (exact) mass is 307 g/mol. The number of carbonyl (C=O) groups excluding carboxylic acids is 1. The lowest BCUT2D eigenvalue weighted by Crippen LogP contribution is -2.22. The van der Waals surface area contributed by atoms with E-state index in [2.05, 4.69) is 15.6 Å². The summed E-state index contributed by atoms with van der Waals surface area (Å²) < 4.78 is 13.7. The molecule has 6 heteroatoms. The molecular weight excluding hydrogens is 293 g/mol. The number of aromatic nitrogens is 1. The molecule has 1 heterocycles. The number of amides is 1. The summed E-state index contributed by atoms with van der Waals surface area (Å²) in [5, 5.41) is 6.06. The van der Waals surface area contributed by atoms with Crippen LogP contribution in [0.15, 0.2) is 36.7 Å². The van der Waals surface area contributed by atoms with Gasteiger partial charge in [-0.25, -0.2) is 4.39 Å². The smallest absolute Gasteiger partial charge is 0.252 e. The van der Waals surface area contributed by atoms with Gasteiger partial charge in [-0.3, -0.25) is 9.78 Å². The Balaban J connectivity index is 2.10. The first-order chi connectivity index (χ1) is 10.1. The lowest BCUT2D eigenvalue weighted by atomic mass is 10.2. The number of anilines is 1. The molecule has 0 saturated heterocycles. The lowest BCUT2D eigenvalue weighted by Gasteiger charge is -2.10. The van der Waals surface area contributed by atoms with Crippen molar-refractivity contribution in [1.82, 2.24) is 10.3 Å². The maximum absolute atomic E-state index is 13.7. The van der Waals surface area contributed by atoms with Crippen LogP contribution in [0.5, 0.6) is 0 Å². The summed E-state index contributed by atoms with van der Waals surface area (Å²) in [5.74, 6) is -0.569. The van der Waals surface area contributed by atoms with Crippen LogP contribution in [-0.2, 0) is 6.54 Å². The normalized spacial score (nSPS) is 10.2. The first-order valence-corrected chi connectivity index (χ1v) is 6.89. The molecule has 21 heavy (non-hydrogen) atoms. The minimum Gasteiger partial charge on any atom is -0.380 e. The average Bonchev–Trinajstić information content (AvgIpc) is 2.47. The highest BCUT2D eigenvalue weighted by Crippen LogP contribution is 2.20. The van der Waals surface area contributed by atoms with E-state index in [1.54, 1.807) is 24.4 Å². The Morgan fingerprint density at radius 2 is 2.19 bits per heavy atom. The van der Waals surface area contributed by atoms with E-state index in [1.165, 1.54) is 12.3 Å². The number of rotatable bonds is 5. The molecule has 2 N–H and O–H groups in total. The summed E-state index contributed by atoms with van der Waals surface area (Å²) in [7, 11) is 0. The number of halogens is 2. The maximum atomic E-state index is 13.7. The van der Waals surface area contributed by atoms with Crippen LogP contribution >= 0.6 is 11.6 Å². The van der Waals surface area contributed by atoms with Crippen molar-refractivity contribution in [2.45, 2.75) is 13.5 Å². The molecule has 0 aliphatic rings. The second-order valence-electron chi connectivity index (χ2n) is 4.38. The number of hydrogen-bond acceptors (Lipinski definition) is 3. The van der Waals surface area contributed by atoms with Crippen molar-refractivity contribution in [2.24, 2.45) is 0 Å². The van der Waals surface area contributed by atoms with E-state index >= 15 is 0 Å². The van der Waals surface area contributed by atoms with Crippen LogP contribution < -0.4 is 10.6 Å². The zero-order chi connectivity index (χ0) is 15.2. The van der Waals surface area contributed by atoms with Crippen LogP contribution in [0.2, 0.25) is 5.02 Å². The van der Waals surface area contributed by atoms with Gasteiger partial charge >= 0.3 is 0 Å². The molecule has 0 fully saturated rings. The predicted octanol–water partition coefficient (Wildman–Crippen LogP) is 3.24. The van der Waals surface area contributed by atoms with E-state index < -0.39 is 0 Å². The van der Waals surface area contributed by atoms with Crippen LogP contribution in [0.3, 0.4) is 0 Å². The van der Waals surface area contributed by atoms with Crippen LogP contribution in [0.25, 0.3) is 0 Å². The number of nitrogens with one attached hydrogen (secondary N) is 2. The van der Waals surface area contributed by atoms with Crippen molar-refractivity contribution in [3.8, 4) is 0 Å². The molecule has 110 valence electrons. The van der Waals surface area contributed by atoms with Gasteiger partial charge in [-0.15, -0.1) is 0 Å². The SMILES string of the molecule is CCNC(=O)c1cncc(NCc2c(F)cccc2Cl)c1. The van der Waals surface area contributed by atoms with Gasteiger partial charge in [-0.1, -0.05) is 17.7 Å². The van der Waals surface area contributed by atoms with Crippen LogP contribution in [0.4, 0.5) is 10.1 Å². The molecule has 2 aromatic rings. The summed E-state index contributed by atoms with van der Waals surface area (Å²) in [4.78, 5) is 15.7. The zero-order valence-corrected chi connectivity index (χ0v) is 12.2. The lowest BCUT2D eigenvalue weighted by molar-refractivity contribution is 0.0955. The molecule has 0 aliphatic heterocycles. The quantitative estimate of drug-likeness (QED) is 0.891. The Morgan fingerprint density at radius 1 is 1.38 bits per heavy atom. The van der Waals surface area contributed by atoms with E-state index in [9.17, 15) is 9.18 Å². The topological polar surface area (TPSA) is 54.0 Å². The third-order valence-electron chi connectivity index (χ3n) is 2.87. The molecular formula is C15H15ClFN3O.